The summed E-state index contributed by atoms with van der Waals surface area (Å²) in [4.78, 5) is 22.6. The minimum atomic E-state index is -0.612. The zero-order valence-corrected chi connectivity index (χ0v) is 13.3. The zero-order chi connectivity index (χ0) is 16.5. The van der Waals surface area contributed by atoms with Crippen LogP contribution in [-0.4, -0.2) is 24.9 Å². The Morgan fingerprint density at radius 3 is 2.68 bits per heavy atom. The minimum absolute atomic E-state index is 0.126. The van der Waals surface area contributed by atoms with Crippen molar-refractivity contribution in [2.75, 3.05) is 18.4 Å². The molecule has 22 heavy (non-hydrogen) atoms. The number of hydrogen-bond donors (Lipinski definition) is 3. The van der Waals surface area contributed by atoms with Gasteiger partial charge in [-0.25, -0.2) is 0 Å². The van der Waals surface area contributed by atoms with Gasteiger partial charge in [-0.2, -0.15) is 5.26 Å². The first-order valence-corrected chi connectivity index (χ1v) is 7.04. The first kappa shape index (κ1) is 17.8. The van der Waals surface area contributed by atoms with Crippen LogP contribution in [0.5, 0.6) is 0 Å². The fourth-order valence-electron chi connectivity index (χ4n) is 1.42. The van der Waals surface area contributed by atoms with Crippen LogP contribution in [0, 0.1) is 11.3 Å². The largest absolute Gasteiger partial charge is 0.388 e. The molecule has 0 aliphatic rings. The number of nitrogens with one attached hydrogen (secondary N) is 3. The SMILES string of the molecule is CC(=O)NCCN/C=C(/C#N)C(=O)Nc1cc(Cl)ccc1Cl. The van der Waals surface area contributed by atoms with Gasteiger partial charge in [-0.1, -0.05) is 23.2 Å². The number of nitrogens with zero attached hydrogens (tertiary/aromatic N) is 1. The van der Waals surface area contributed by atoms with Gasteiger partial charge in [0.2, 0.25) is 5.91 Å². The van der Waals surface area contributed by atoms with Crippen LogP contribution in [0.3, 0.4) is 0 Å². The van der Waals surface area contributed by atoms with Crippen molar-refractivity contribution in [1.29, 1.82) is 5.26 Å². The molecule has 3 N–H and O–H groups in total. The van der Waals surface area contributed by atoms with Crippen LogP contribution in [0.15, 0.2) is 30.0 Å². The topological polar surface area (TPSA) is 94.0 Å². The van der Waals surface area contributed by atoms with Crippen LogP contribution in [0.25, 0.3) is 0 Å². The summed E-state index contributed by atoms with van der Waals surface area (Å²) in [5, 5.41) is 17.6. The summed E-state index contributed by atoms with van der Waals surface area (Å²) in [6.07, 6.45) is 1.27. The number of rotatable bonds is 6. The minimum Gasteiger partial charge on any atom is -0.388 e. The molecule has 1 rings (SSSR count). The summed E-state index contributed by atoms with van der Waals surface area (Å²) in [6, 6.07) is 6.40. The van der Waals surface area contributed by atoms with E-state index in [1.165, 1.54) is 19.2 Å². The molecule has 0 saturated carbocycles. The number of carbonyl (C=O) groups excluding carboxylic acids is 2. The fourth-order valence-corrected chi connectivity index (χ4v) is 1.75. The summed E-state index contributed by atoms with van der Waals surface area (Å²) < 4.78 is 0. The molecular formula is C14H14Cl2N4O2. The molecule has 0 unspecified atom stereocenters. The lowest BCUT2D eigenvalue weighted by atomic mass is 10.2. The van der Waals surface area contributed by atoms with Crippen LogP contribution in [-0.2, 0) is 9.59 Å². The third-order valence-electron chi connectivity index (χ3n) is 2.43. The monoisotopic (exact) mass is 340 g/mol. The van der Waals surface area contributed by atoms with Gasteiger partial charge < -0.3 is 16.0 Å². The molecule has 1 aromatic carbocycles. The summed E-state index contributed by atoms with van der Waals surface area (Å²) in [6.45, 7) is 2.17. The molecule has 0 aliphatic heterocycles. The predicted molar refractivity (Wildman–Crippen MR) is 85.5 cm³/mol. The van der Waals surface area contributed by atoms with Crippen LogP contribution < -0.4 is 16.0 Å². The van der Waals surface area contributed by atoms with Crippen molar-refractivity contribution < 1.29 is 9.59 Å². The highest BCUT2D eigenvalue weighted by Crippen LogP contribution is 2.25. The van der Waals surface area contributed by atoms with E-state index in [9.17, 15) is 9.59 Å². The first-order chi connectivity index (χ1) is 10.4. The van der Waals surface area contributed by atoms with E-state index < -0.39 is 5.91 Å². The van der Waals surface area contributed by atoms with Crippen molar-refractivity contribution in [3.05, 3.63) is 40.0 Å². The van der Waals surface area contributed by atoms with Gasteiger partial charge in [-0.3, -0.25) is 9.59 Å². The van der Waals surface area contributed by atoms with E-state index in [1.807, 2.05) is 0 Å². The Morgan fingerprint density at radius 1 is 1.32 bits per heavy atom. The van der Waals surface area contributed by atoms with E-state index in [2.05, 4.69) is 16.0 Å². The van der Waals surface area contributed by atoms with E-state index in [0.717, 1.165) is 0 Å². The zero-order valence-electron chi connectivity index (χ0n) is 11.7. The smallest absolute Gasteiger partial charge is 0.267 e. The summed E-state index contributed by atoms with van der Waals surface area (Å²) >= 11 is 11.8. The molecule has 0 spiro atoms. The predicted octanol–water partition coefficient (Wildman–Crippen LogP) is 2.07. The molecule has 0 saturated heterocycles. The molecule has 116 valence electrons. The third kappa shape index (κ3) is 6.04. The van der Waals surface area contributed by atoms with Gasteiger partial charge in [-0.15, -0.1) is 0 Å². The third-order valence-corrected chi connectivity index (χ3v) is 3.00. The average Bonchev–Trinajstić information content (AvgIpc) is 2.46. The second kappa shape index (κ2) is 8.93. The quantitative estimate of drug-likeness (QED) is 0.419. The molecule has 1 aromatic rings. The maximum atomic E-state index is 12.0. The lowest BCUT2D eigenvalue weighted by Crippen LogP contribution is -2.28. The van der Waals surface area contributed by atoms with E-state index in [1.54, 1.807) is 18.2 Å². The molecule has 2 amide bonds. The Hall–Kier alpha value is -2.23. The number of halogens is 2. The van der Waals surface area contributed by atoms with Gasteiger partial charge in [0.15, 0.2) is 0 Å². The molecule has 0 heterocycles. The van der Waals surface area contributed by atoms with Gasteiger partial charge in [0, 0.05) is 31.2 Å². The molecule has 0 aromatic heterocycles. The molecule has 0 bridgehead atoms. The van der Waals surface area contributed by atoms with Crippen molar-refractivity contribution in [1.82, 2.24) is 10.6 Å². The van der Waals surface area contributed by atoms with E-state index in [0.29, 0.717) is 28.8 Å². The van der Waals surface area contributed by atoms with Crippen molar-refractivity contribution in [2.24, 2.45) is 0 Å². The highest BCUT2D eigenvalue weighted by molar-refractivity contribution is 6.35. The van der Waals surface area contributed by atoms with Gasteiger partial charge in [0.05, 0.1) is 10.7 Å². The number of benzene rings is 1. The standard InChI is InChI=1S/C14H14Cl2N4O2/c1-9(21)19-5-4-18-8-10(7-17)14(22)20-13-6-11(15)2-3-12(13)16/h2-3,6,8,18H,4-5H2,1H3,(H,19,21)(H,20,22)/b10-8-. The molecule has 0 atom stereocenters. The Labute approximate surface area is 138 Å². The van der Waals surface area contributed by atoms with E-state index >= 15 is 0 Å². The summed E-state index contributed by atoms with van der Waals surface area (Å²) in [7, 11) is 0. The Balaban J connectivity index is 2.63. The Kier molecular flexibility index (Phi) is 7.23. The second-order valence-corrected chi connectivity index (χ2v) is 5.03. The highest BCUT2D eigenvalue weighted by atomic mass is 35.5. The Bertz CT molecular complexity index is 638. The lowest BCUT2D eigenvalue weighted by Gasteiger charge is -2.07. The molecular weight excluding hydrogens is 327 g/mol. The van der Waals surface area contributed by atoms with Crippen LogP contribution in [0.1, 0.15) is 6.92 Å². The van der Waals surface area contributed by atoms with Crippen molar-refractivity contribution >= 4 is 40.7 Å². The van der Waals surface area contributed by atoms with E-state index in [4.69, 9.17) is 28.5 Å². The van der Waals surface area contributed by atoms with Crippen LogP contribution in [0.2, 0.25) is 10.0 Å². The number of carbonyl (C=O) groups is 2. The van der Waals surface area contributed by atoms with Crippen LogP contribution in [0.4, 0.5) is 5.69 Å². The number of nitriles is 1. The van der Waals surface area contributed by atoms with Crippen molar-refractivity contribution in [3.8, 4) is 6.07 Å². The maximum absolute atomic E-state index is 12.0. The van der Waals surface area contributed by atoms with Gasteiger partial charge in [0.1, 0.15) is 11.6 Å². The van der Waals surface area contributed by atoms with Crippen molar-refractivity contribution in [2.45, 2.75) is 6.92 Å². The van der Waals surface area contributed by atoms with Crippen LogP contribution >= 0.6 is 23.2 Å². The number of hydrogen-bond acceptors (Lipinski definition) is 4. The maximum Gasteiger partial charge on any atom is 0.267 e. The second-order valence-electron chi connectivity index (χ2n) is 4.19. The number of anilines is 1. The molecule has 6 nitrogen and oxygen atoms in total. The average molecular weight is 341 g/mol. The lowest BCUT2D eigenvalue weighted by molar-refractivity contribution is -0.119. The molecule has 0 fully saturated rings. The summed E-state index contributed by atoms with van der Waals surface area (Å²) in [5.41, 5.74) is 0.192. The molecule has 0 aliphatic carbocycles. The van der Waals surface area contributed by atoms with Crippen molar-refractivity contribution in [3.63, 3.8) is 0 Å². The fraction of sp³-hybridized carbons (Fsp3) is 0.214. The van der Waals surface area contributed by atoms with Gasteiger partial charge >= 0.3 is 0 Å². The van der Waals surface area contributed by atoms with Gasteiger partial charge in [-0.05, 0) is 18.2 Å². The normalized spacial score (nSPS) is 10.5. The van der Waals surface area contributed by atoms with E-state index in [-0.39, 0.29) is 11.5 Å². The summed E-state index contributed by atoms with van der Waals surface area (Å²) in [5.74, 6) is -0.765. The Morgan fingerprint density at radius 2 is 2.05 bits per heavy atom. The first-order valence-electron chi connectivity index (χ1n) is 6.28. The highest BCUT2D eigenvalue weighted by Gasteiger charge is 2.11. The van der Waals surface area contributed by atoms with Gasteiger partial charge in [0.25, 0.3) is 5.91 Å². The molecule has 0 radical (unpaired) electrons. The molecule has 8 heteroatoms. The number of amides is 2.